The van der Waals surface area contributed by atoms with E-state index in [2.05, 4.69) is 28.6 Å². The maximum Gasteiger partial charge on any atom is 0.243 e. The number of piperidine rings is 1. The summed E-state index contributed by atoms with van der Waals surface area (Å²) in [6.07, 6.45) is 2.03. The van der Waals surface area contributed by atoms with Gasteiger partial charge in [0.15, 0.2) is 5.96 Å². The van der Waals surface area contributed by atoms with Gasteiger partial charge in [-0.05, 0) is 47.9 Å². The van der Waals surface area contributed by atoms with Crippen LogP contribution in [0.5, 0.6) is 0 Å². The van der Waals surface area contributed by atoms with Crippen molar-refractivity contribution in [2.24, 2.45) is 10.9 Å². The third kappa shape index (κ3) is 6.66. The molecule has 1 fully saturated rings. The highest BCUT2D eigenvalue weighted by Gasteiger charge is 2.28. The maximum absolute atomic E-state index is 12.8. The highest BCUT2D eigenvalue weighted by Crippen LogP contribution is 2.23. The normalized spacial score (nSPS) is 18.1. The van der Waals surface area contributed by atoms with Crippen LogP contribution in [0.4, 0.5) is 0 Å². The summed E-state index contributed by atoms with van der Waals surface area (Å²) in [5, 5.41) is 8.58. The first-order valence-electron chi connectivity index (χ1n) is 9.55. The van der Waals surface area contributed by atoms with Crippen molar-refractivity contribution in [2.45, 2.75) is 37.8 Å². The average molecular weight is 549 g/mol. The van der Waals surface area contributed by atoms with Crippen LogP contribution < -0.4 is 10.6 Å². The zero-order chi connectivity index (χ0) is 20.0. The Balaban J connectivity index is 0.00000300. The zero-order valence-corrected chi connectivity index (χ0v) is 20.8. The molecule has 1 unspecified atom stereocenters. The molecule has 1 aromatic carbocycles. The number of guanidine groups is 1. The molecule has 2 heterocycles. The van der Waals surface area contributed by atoms with Crippen molar-refractivity contribution in [1.29, 1.82) is 0 Å². The van der Waals surface area contributed by atoms with Crippen molar-refractivity contribution in [3.63, 3.8) is 0 Å². The van der Waals surface area contributed by atoms with Crippen LogP contribution in [-0.2, 0) is 23.1 Å². The van der Waals surface area contributed by atoms with Gasteiger partial charge in [-0.1, -0.05) is 25.1 Å². The first-order valence-corrected chi connectivity index (χ1v) is 11.9. The average Bonchev–Trinajstić information content (AvgIpc) is 3.22. The molecule has 0 aliphatic carbocycles. The second-order valence-corrected chi connectivity index (χ2v) is 10.1. The minimum Gasteiger partial charge on any atom is -0.352 e. The van der Waals surface area contributed by atoms with Gasteiger partial charge in [0.2, 0.25) is 10.0 Å². The predicted molar refractivity (Wildman–Crippen MR) is 130 cm³/mol. The molecule has 2 aromatic rings. The maximum atomic E-state index is 12.8. The number of thiophene rings is 1. The summed E-state index contributed by atoms with van der Waals surface area (Å²) in [5.41, 5.74) is 1.00. The van der Waals surface area contributed by atoms with Crippen LogP contribution >= 0.6 is 35.3 Å². The van der Waals surface area contributed by atoms with Gasteiger partial charge < -0.3 is 10.6 Å². The smallest absolute Gasteiger partial charge is 0.243 e. The minimum absolute atomic E-state index is 0. The second-order valence-electron chi connectivity index (χ2n) is 7.11. The van der Waals surface area contributed by atoms with E-state index >= 15 is 0 Å². The van der Waals surface area contributed by atoms with Gasteiger partial charge in [-0.15, -0.1) is 35.3 Å². The Morgan fingerprint density at radius 3 is 2.55 bits per heavy atom. The molecule has 1 aliphatic rings. The van der Waals surface area contributed by atoms with Crippen molar-refractivity contribution >= 4 is 51.3 Å². The summed E-state index contributed by atoms with van der Waals surface area (Å²) >= 11 is 1.70. The Hall–Kier alpha value is -1.17. The van der Waals surface area contributed by atoms with Crippen LogP contribution in [0.15, 0.2) is 51.7 Å². The Kier molecular flexibility index (Phi) is 9.38. The van der Waals surface area contributed by atoms with Crippen LogP contribution in [0, 0.1) is 5.92 Å². The summed E-state index contributed by atoms with van der Waals surface area (Å²) < 4.78 is 27.3. The third-order valence-corrected chi connectivity index (χ3v) is 7.63. The van der Waals surface area contributed by atoms with Gasteiger partial charge >= 0.3 is 0 Å². The van der Waals surface area contributed by atoms with Gasteiger partial charge in [-0.25, -0.2) is 8.42 Å². The summed E-state index contributed by atoms with van der Waals surface area (Å²) in [4.78, 5) is 5.83. The van der Waals surface area contributed by atoms with E-state index < -0.39 is 10.0 Å². The fourth-order valence-electron chi connectivity index (χ4n) is 3.28. The van der Waals surface area contributed by atoms with Crippen LogP contribution in [0.2, 0.25) is 0 Å². The molecule has 0 amide bonds. The fourth-order valence-corrected chi connectivity index (χ4v) is 5.53. The van der Waals surface area contributed by atoms with E-state index in [9.17, 15) is 8.42 Å². The zero-order valence-electron chi connectivity index (χ0n) is 16.8. The summed E-state index contributed by atoms with van der Waals surface area (Å²) in [6, 6.07) is 11.2. The Morgan fingerprint density at radius 1 is 1.21 bits per heavy atom. The molecule has 1 atom stereocenters. The van der Waals surface area contributed by atoms with Crippen LogP contribution in [-0.4, -0.2) is 38.8 Å². The number of hydrogen-bond donors (Lipinski definition) is 2. The van der Waals surface area contributed by atoms with E-state index in [0.29, 0.717) is 36.4 Å². The van der Waals surface area contributed by atoms with Gasteiger partial charge in [0, 0.05) is 31.6 Å². The van der Waals surface area contributed by atoms with E-state index in [1.807, 2.05) is 23.6 Å². The topological polar surface area (TPSA) is 73.8 Å². The Labute approximate surface area is 194 Å². The van der Waals surface area contributed by atoms with Crippen molar-refractivity contribution in [1.82, 2.24) is 14.9 Å². The lowest BCUT2D eigenvalue weighted by Crippen LogP contribution is -2.39. The van der Waals surface area contributed by atoms with Crippen molar-refractivity contribution in [2.75, 3.05) is 20.1 Å². The van der Waals surface area contributed by atoms with E-state index in [0.717, 1.165) is 24.9 Å². The van der Waals surface area contributed by atoms with E-state index in [1.165, 1.54) is 4.88 Å². The number of halogens is 1. The molecular formula is C20H29IN4O2S2. The number of sulfonamides is 1. The van der Waals surface area contributed by atoms with Gasteiger partial charge in [-0.3, -0.25) is 4.99 Å². The number of nitrogens with zero attached hydrogens (tertiary/aromatic N) is 2. The largest absolute Gasteiger partial charge is 0.352 e. The molecule has 3 rings (SSSR count). The lowest BCUT2D eigenvalue weighted by atomic mass is 10.0. The molecule has 6 nitrogen and oxygen atoms in total. The molecule has 1 aliphatic heterocycles. The van der Waals surface area contributed by atoms with E-state index in [-0.39, 0.29) is 24.0 Å². The fraction of sp³-hybridized carbons (Fsp3) is 0.450. The lowest BCUT2D eigenvalue weighted by molar-refractivity contribution is 0.281. The standard InChI is InChI=1S/C20H28N4O2S2.HI/c1-16-5-3-11-24(15-16)28(25,26)19-9-7-17(8-10-19)13-22-20(21-2)23-14-18-6-4-12-27-18;/h4,6-10,12,16H,3,5,11,13-15H2,1-2H3,(H2,21,22,23);1H. The lowest BCUT2D eigenvalue weighted by Gasteiger charge is -2.30. The highest BCUT2D eigenvalue weighted by molar-refractivity contribution is 14.0. The first kappa shape index (κ1) is 24.1. The van der Waals surface area contributed by atoms with Crippen LogP contribution in [0.3, 0.4) is 0 Å². The first-order chi connectivity index (χ1) is 13.5. The predicted octanol–water partition coefficient (Wildman–Crippen LogP) is 3.65. The third-order valence-electron chi connectivity index (χ3n) is 4.87. The number of hydrogen-bond acceptors (Lipinski definition) is 4. The van der Waals surface area contributed by atoms with Gasteiger partial charge in [0.25, 0.3) is 0 Å². The molecule has 1 saturated heterocycles. The number of aliphatic imine (C=N–C) groups is 1. The molecule has 0 saturated carbocycles. The Bertz CT molecular complexity index is 884. The van der Waals surface area contributed by atoms with Gasteiger partial charge in [-0.2, -0.15) is 4.31 Å². The molecular weight excluding hydrogens is 519 g/mol. The molecule has 0 radical (unpaired) electrons. The van der Waals surface area contributed by atoms with E-state index in [1.54, 1.807) is 34.8 Å². The SMILES string of the molecule is CN=C(NCc1ccc(S(=O)(=O)N2CCCC(C)C2)cc1)NCc1cccs1.I. The van der Waals surface area contributed by atoms with Crippen molar-refractivity contribution < 1.29 is 8.42 Å². The molecule has 9 heteroatoms. The minimum atomic E-state index is -3.40. The van der Waals surface area contributed by atoms with E-state index in [4.69, 9.17) is 0 Å². The number of nitrogens with one attached hydrogen (secondary N) is 2. The molecule has 0 bridgehead atoms. The molecule has 0 spiro atoms. The molecule has 160 valence electrons. The Morgan fingerprint density at radius 2 is 1.93 bits per heavy atom. The quantitative estimate of drug-likeness (QED) is 0.329. The van der Waals surface area contributed by atoms with Crippen molar-refractivity contribution in [3.8, 4) is 0 Å². The van der Waals surface area contributed by atoms with Gasteiger partial charge in [0.05, 0.1) is 11.4 Å². The highest BCUT2D eigenvalue weighted by atomic mass is 127. The van der Waals surface area contributed by atoms with Crippen LogP contribution in [0.25, 0.3) is 0 Å². The molecule has 29 heavy (non-hydrogen) atoms. The molecule has 1 aromatic heterocycles. The second kappa shape index (κ2) is 11.3. The van der Waals surface area contributed by atoms with Crippen LogP contribution in [0.1, 0.15) is 30.2 Å². The summed E-state index contributed by atoms with van der Waals surface area (Å²) in [5.74, 6) is 1.13. The summed E-state index contributed by atoms with van der Waals surface area (Å²) in [7, 11) is -1.67. The number of rotatable bonds is 6. The van der Waals surface area contributed by atoms with Crippen molar-refractivity contribution in [3.05, 3.63) is 52.2 Å². The van der Waals surface area contributed by atoms with Gasteiger partial charge in [0.1, 0.15) is 0 Å². The molecule has 2 N–H and O–H groups in total. The monoisotopic (exact) mass is 548 g/mol. The summed E-state index contributed by atoms with van der Waals surface area (Å²) in [6.45, 7) is 4.63. The number of benzene rings is 1.